The molecule has 3 atom stereocenters. The third-order valence-electron chi connectivity index (χ3n) is 5.95. The van der Waals surface area contributed by atoms with Crippen molar-refractivity contribution in [3.63, 3.8) is 0 Å². The van der Waals surface area contributed by atoms with E-state index in [1.54, 1.807) is 11.0 Å². The Bertz CT molecular complexity index is 641. The maximum Gasteiger partial charge on any atom is 0.253 e. The van der Waals surface area contributed by atoms with E-state index in [1.807, 2.05) is 36.4 Å². The Kier molecular flexibility index (Phi) is 2.42. The summed E-state index contributed by atoms with van der Waals surface area (Å²) < 4.78 is 0.552. The fraction of sp³-hybridized carbons (Fsp3) is 0.667. The number of piperidine rings is 2. The van der Waals surface area contributed by atoms with Crippen LogP contribution in [0.15, 0.2) is 9.66 Å². The highest BCUT2D eigenvalue weighted by molar-refractivity contribution is 14.1. The van der Waals surface area contributed by atoms with Crippen LogP contribution in [0.4, 0.5) is 0 Å². The van der Waals surface area contributed by atoms with Crippen molar-refractivity contribution < 1.29 is 14.4 Å². The van der Waals surface area contributed by atoms with Gasteiger partial charge in [-0.15, -0.1) is 0 Å². The highest BCUT2D eigenvalue weighted by Gasteiger charge is 2.72. The van der Waals surface area contributed by atoms with Crippen LogP contribution in [0.5, 0.6) is 0 Å². The molecule has 4 fully saturated rings. The zero-order chi connectivity index (χ0) is 15.2. The number of Topliss-reactive ketones (excluding diaryl/α,β-unsaturated/α-hetero) is 1. The average molecular weight is 400 g/mol. The van der Waals surface area contributed by atoms with Crippen LogP contribution >= 0.6 is 22.6 Å². The first-order valence-corrected chi connectivity index (χ1v) is 8.41. The number of rotatable bonds is 0. The first-order chi connectivity index (χ1) is 9.76. The second-order valence-corrected chi connectivity index (χ2v) is 8.38. The number of halogens is 1. The van der Waals surface area contributed by atoms with Gasteiger partial charge in [0, 0.05) is 17.9 Å². The molecule has 0 radical (unpaired) electrons. The second kappa shape index (κ2) is 3.70. The number of allylic oxidation sites excluding steroid dienone is 1. The highest BCUT2D eigenvalue weighted by atomic mass is 127. The van der Waals surface area contributed by atoms with Crippen molar-refractivity contribution in [3.8, 4) is 0 Å². The number of piperazine rings is 1. The smallest absolute Gasteiger partial charge is 0.253 e. The molecule has 2 unspecified atom stereocenters. The Hall–Kier alpha value is -0.920. The fourth-order valence-electron chi connectivity index (χ4n) is 4.79. The minimum Gasteiger partial charge on any atom is -0.336 e. The molecule has 112 valence electrons. The summed E-state index contributed by atoms with van der Waals surface area (Å²) in [4.78, 5) is 40.0. The van der Waals surface area contributed by atoms with Gasteiger partial charge in [0.15, 0.2) is 5.78 Å². The molecular formula is C15H17IN2O3. The van der Waals surface area contributed by atoms with E-state index in [0.717, 1.165) is 6.42 Å². The first-order valence-electron chi connectivity index (χ1n) is 7.33. The van der Waals surface area contributed by atoms with E-state index in [0.29, 0.717) is 23.0 Å². The number of carbonyl (C=O) groups excluding carboxylic acids is 3. The molecule has 4 aliphatic heterocycles. The Labute approximate surface area is 136 Å². The number of ketones is 1. The Morgan fingerprint density at radius 2 is 2.05 bits per heavy atom. The number of fused-ring (bicyclic) bond motifs is 1. The molecule has 2 amide bonds. The summed E-state index contributed by atoms with van der Waals surface area (Å²) >= 11 is 1.99. The average Bonchev–Trinajstić information content (AvgIpc) is 2.84. The number of nitrogens with zero attached hydrogens (tertiary/aromatic N) is 1. The lowest BCUT2D eigenvalue weighted by Gasteiger charge is -2.62. The molecule has 5 aliphatic rings. The van der Waals surface area contributed by atoms with Crippen molar-refractivity contribution in [1.82, 2.24) is 10.2 Å². The van der Waals surface area contributed by atoms with Gasteiger partial charge in [0.2, 0.25) is 5.91 Å². The second-order valence-electron chi connectivity index (χ2n) is 7.21. The van der Waals surface area contributed by atoms with Crippen LogP contribution in [-0.2, 0) is 14.4 Å². The van der Waals surface area contributed by atoms with Crippen LogP contribution in [0.2, 0.25) is 0 Å². The van der Waals surface area contributed by atoms with Gasteiger partial charge >= 0.3 is 0 Å². The molecular weight excluding hydrogens is 383 g/mol. The topological polar surface area (TPSA) is 66.5 Å². The van der Waals surface area contributed by atoms with Crippen molar-refractivity contribution in [3.05, 3.63) is 9.66 Å². The molecule has 6 heteroatoms. The number of amides is 2. The molecule has 4 saturated heterocycles. The largest absolute Gasteiger partial charge is 0.336 e. The van der Waals surface area contributed by atoms with Crippen LogP contribution in [0.25, 0.3) is 0 Å². The van der Waals surface area contributed by atoms with Crippen molar-refractivity contribution in [2.24, 2.45) is 11.3 Å². The van der Waals surface area contributed by atoms with Gasteiger partial charge in [-0.25, -0.2) is 0 Å². The molecule has 4 heterocycles. The maximum atomic E-state index is 13.1. The highest BCUT2D eigenvalue weighted by Crippen LogP contribution is 2.57. The number of hydrogen-bond acceptors (Lipinski definition) is 3. The molecule has 21 heavy (non-hydrogen) atoms. The van der Waals surface area contributed by atoms with Crippen molar-refractivity contribution in [1.29, 1.82) is 0 Å². The third kappa shape index (κ3) is 1.31. The number of hydrogen-bond donors (Lipinski definition) is 1. The summed E-state index contributed by atoms with van der Waals surface area (Å²) in [5, 5.41) is 2.99. The zero-order valence-corrected chi connectivity index (χ0v) is 14.2. The van der Waals surface area contributed by atoms with Crippen molar-refractivity contribution in [2.45, 2.75) is 44.2 Å². The van der Waals surface area contributed by atoms with Gasteiger partial charge in [0.05, 0.1) is 3.58 Å². The molecule has 0 aromatic carbocycles. The lowest BCUT2D eigenvalue weighted by atomic mass is 9.53. The van der Waals surface area contributed by atoms with Gasteiger partial charge in [-0.1, -0.05) is 13.8 Å². The van der Waals surface area contributed by atoms with Crippen LogP contribution in [0, 0.1) is 11.3 Å². The predicted octanol–water partition coefficient (Wildman–Crippen LogP) is 1.16. The molecule has 0 aromatic heterocycles. The lowest BCUT2D eigenvalue weighted by Crippen LogP contribution is -2.83. The minimum atomic E-state index is -1.02. The molecule has 2 bridgehead atoms. The third-order valence-corrected chi connectivity index (χ3v) is 6.75. The molecule has 2 spiro atoms. The van der Waals surface area contributed by atoms with Crippen LogP contribution in [0.1, 0.15) is 33.1 Å². The molecule has 1 aliphatic carbocycles. The van der Waals surface area contributed by atoms with Gasteiger partial charge < -0.3 is 10.2 Å². The van der Waals surface area contributed by atoms with E-state index in [-0.39, 0.29) is 23.5 Å². The Balaban J connectivity index is 1.98. The minimum absolute atomic E-state index is 0.0226. The molecule has 5 nitrogen and oxygen atoms in total. The normalized spacial score (nSPS) is 43.4. The van der Waals surface area contributed by atoms with Crippen LogP contribution in [-0.4, -0.2) is 40.1 Å². The van der Waals surface area contributed by atoms with E-state index >= 15 is 0 Å². The summed E-state index contributed by atoms with van der Waals surface area (Å²) in [6, 6.07) is 0. The van der Waals surface area contributed by atoms with E-state index in [1.165, 1.54) is 0 Å². The van der Waals surface area contributed by atoms with Gasteiger partial charge in [0.1, 0.15) is 11.1 Å². The van der Waals surface area contributed by atoms with Crippen LogP contribution < -0.4 is 5.32 Å². The van der Waals surface area contributed by atoms with Gasteiger partial charge in [-0.3, -0.25) is 14.4 Å². The van der Waals surface area contributed by atoms with Crippen LogP contribution in [0.3, 0.4) is 0 Å². The predicted molar refractivity (Wildman–Crippen MR) is 83.5 cm³/mol. The standard InChI is InChI=1S/C15H17IN2O3/c1-13(2)9-7-14-4-3-5-18(14)12(21)15(9,17-11(14)20)6-8(16)10(13)19/h6,9H,3-5,7H2,1-2H3,(H,17,20)/t9?,14?,15-/m0/s1. The summed E-state index contributed by atoms with van der Waals surface area (Å²) in [7, 11) is 0. The summed E-state index contributed by atoms with van der Waals surface area (Å²) in [6.07, 6.45) is 3.87. The van der Waals surface area contributed by atoms with Crippen molar-refractivity contribution >= 4 is 40.2 Å². The monoisotopic (exact) mass is 400 g/mol. The lowest BCUT2D eigenvalue weighted by molar-refractivity contribution is -0.178. The molecule has 0 aromatic rings. The molecule has 1 N–H and O–H groups in total. The molecule has 5 rings (SSSR count). The maximum absolute atomic E-state index is 13.1. The fourth-order valence-corrected chi connectivity index (χ4v) is 5.97. The summed E-state index contributed by atoms with van der Waals surface area (Å²) in [6.45, 7) is 4.46. The SMILES string of the molecule is CC1(C)C(=O)C(I)=C[C@@]23NC(=O)C4(CCCN4C2=O)CC13. The van der Waals surface area contributed by atoms with Crippen molar-refractivity contribution in [2.75, 3.05) is 6.54 Å². The first kappa shape index (κ1) is 13.7. The van der Waals surface area contributed by atoms with E-state index < -0.39 is 16.5 Å². The zero-order valence-electron chi connectivity index (χ0n) is 12.0. The van der Waals surface area contributed by atoms with Gasteiger partial charge in [-0.2, -0.15) is 0 Å². The Morgan fingerprint density at radius 1 is 1.33 bits per heavy atom. The van der Waals surface area contributed by atoms with E-state index in [4.69, 9.17) is 0 Å². The number of nitrogens with one attached hydrogen (secondary N) is 1. The van der Waals surface area contributed by atoms with E-state index in [2.05, 4.69) is 5.32 Å². The van der Waals surface area contributed by atoms with Gasteiger partial charge in [0.25, 0.3) is 5.91 Å². The number of carbonyl (C=O) groups is 3. The molecule has 0 saturated carbocycles. The summed E-state index contributed by atoms with van der Waals surface area (Å²) in [5.74, 6) is -0.142. The summed E-state index contributed by atoms with van der Waals surface area (Å²) in [5.41, 5.74) is -2.36. The van der Waals surface area contributed by atoms with E-state index in [9.17, 15) is 14.4 Å². The quantitative estimate of drug-likeness (QED) is 0.621. The Morgan fingerprint density at radius 3 is 2.76 bits per heavy atom. The van der Waals surface area contributed by atoms with Gasteiger partial charge in [-0.05, 0) is 47.9 Å².